The molecule has 0 aliphatic heterocycles. The van der Waals surface area contributed by atoms with Crippen LogP contribution in [0.4, 0.5) is 0 Å². The monoisotopic (exact) mass is 313 g/mol. The fourth-order valence-electron chi connectivity index (χ4n) is 2.58. The predicted molar refractivity (Wildman–Crippen MR) is 90.7 cm³/mol. The third kappa shape index (κ3) is 11.6. The van der Waals surface area contributed by atoms with E-state index in [0.29, 0.717) is 6.54 Å². The van der Waals surface area contributed by atoms with Crippen molar-refractivity contribution in [1.82, 2.24) is 5.32 Å². The number of ether oxygens (including phenoxy) is 1. The van der Waals surface area contributed by atoms with Gasteiger partial charge in [-0.05, 0) is 12.8 Å². The topological polar surface area (TPSA) is 55.4 Å². The highest BCUT2D eigenvalue weighted by Gasteiger charge is 2.17. The van der Waals surface area contributed by atoms with Crippen LogP contribution in [0.15, 0.2) is 0 Å². The van der Waals surface area contributed by atoms with Crippen molar-refractivity contribution in [3.63, 3.8) is 0 Å². The van der Waals surface area contributed by atoms with Gasteiger partial charge in [0.25, 0.3) is 0 Å². The standard InChI is InChI=1S/C18H35NO3/c1-4-6-8-10-12-16(13-11-9-7-5-2)18(21)19-15-14-17(20)22-3/h16H,4-15H2,1-3H3,(H,19,21). The second-order valence-electron chi connectivity index (χ2n) is 6.01. The van der Waals surface area contributed by atoms with Crippen LogP contribution in [0.25, 0.3) is 0 Å². The molecule has 0 saturated carbocycles. The maximum Gasteiger partial charge on any atom is 0.307 e. The van der Waals surface area contributed by atoms with Crippen LogP contribution in [0.1, 0.15) is 84.5 Å². The molecule has 0 spiro atoms. The van der Waals surface area contributed by atoms with Crippen LogP contribution in [0.3, 0.4) is 0 Å². The summed E-state index contributed by atoms with van der Waals surface area (Å²) in [5.74, 6) is -0.0639. The quantitative estimate of drug-likeness (QED) is 0.386. The minimum absolute atomic E-state index is 0.103. The van der Waals surface area contributed by atoms with E-state index < -0.39 is 0 Å². The molecule has 0 atom stereocenters. The Kier molecular flexibility index (Phi) is 14.1. The Morgan fingerprint density at radius 3 is 1.91 bits per heavy atom. The Morgan fingerprint density at radius 2 is 1.45 bits per heavy atom. The van der Waals surface area contributed by atoms with Crippen molar-refractivity contribution in [2.24, 2.45) is 5.92 Å². The van der Waals surface area contributed by atoms with Crippen molar-refractivity contribution < 1.29 is 14.3 Å². The highest BCUT2D eigenvalue weighted by molar-refractivity contribution is 5.79. The molecule has 4 heteroatoms. The summed E-state index contributed by atoms with van der Waals surface area (Å²) in [7, 11) is 1.37. The van der Waals surface area contributed by atoms with Crippen molar-refractivity contribution >= 4 is 11.9 Å². The van der Waals surface area contributed by atoms with E-state index in [9.17, 15) is 9.59 Å². The number of unbranched alkanes of at least 4 members (excludes halogenated alkanes) is 6. The van der Waals surface area contributed by atoms with Crippen molar-refractivity contribution in [2.75, 3.05) is 13.7 Å². The Labute approximate surface area is 136 Å². The lowest BCUT2D eigenvalue weighted by Crippen LogP contribution is -2.32. The van der Waals surface area contributed by atoms with Crippen LogP contribution in [0.2, 0.25) is 0 Å². The van der Waals surface area contributed by atoms with Gasteiger partial charge >= 0.3 is 5.97 Å². The first kappa shape index (κ1) is 20.9. The smallest absolute Gasteiger partial charge is 0.307 e. The first-order valence-corrected chi connectivity index (χ1v) is 9.00. The molecule has 0 saturated heterocycles. The molecule has 0 rings (SSSR count). The van der Waals surface area contributed by atoms with Gasteiger partial charge in [-0.3, -0.25) is 9.59 Å². The zero-order valence-electron chi connectivity index (χ0n) is 14.8. The molecule has 0 aromatic heterocycles. The summed E-state index contributed by atoms with van der Waals surface area (Å²) >= 11 is 0. The summed E-state index contributed by atoms with van der Waals surface area (Å²) in [4.78, 5) is 23.4. The molecule has 130 valence electrons. The lowest BCUT2D eigenvalue weighted by molar-refractivity contribution is -0.140. The van der Waals surface area contributed by atoms with Crippen molar-refractivity contribution in [1.29, 1.82) is 0 Å². The molecule has 0 radical (unpaired) electrons. The van der Waals surface area contributed by atoms with E-state index in [0.717, 1.165) is 25.7 Å². The number of nitrogens with one attached hydrogen (secondary N) is 1. The minimum Gasteiger partial charge on any atom is -0.469 e. The van der Waals surface area contributed by atoms with Crippen LogP contribution < -0.4 is 5.32 Å². The Balaban J connectivity index is 4.10. The number of esters is 1. The summed E-state index contributed by atoms with van der Waals surface area (Å²) in [6.45, 7) is 4.77. The molecule has 0 unspecified atom stereocenters. The molecule has 0 aliphatic rings. The second kappa shape index (κ2) is 14.9. The van der Waals surface area contributed by atoms with Crippen LogP contribution >= 0.6 is 0 Å². The molecular weight excluding hydrogens is 278 g/mol. The predicted octanol–water partition coefficient (Wildman–Crippen LogP) is 4.22. The summed E-state index contributed by atoms with van der Waals surface area (Å²) in [6, 6.07) is 0. The van der Waals surface area contributed by atoms with Crippen molar-refractivity contribution in [2.45, 2.75) is 84.5 Å². The van der Waals surface area contributed by atoms with E-state index in [1.165, 1.54) is 45.6 Å². The van der Waals surface area contributed by atoms with E-state index in [-0.39, 0.29) is 24.2 Å². The summed E-state index contributed by atoms with van der Waals surface area (Å²) in [6.07, 6.45) is 11.8. The highest BCUT2D eigenvalue weighted by atomic mass is 16.5. The average molecular weight is 313 g/mol. The third-order valence-electron chi connectivity index (χ3n) is 4.04. The normalized spacial score (nSPS) is 10.7. The summed E-state index contributed by atoms with van der Waals surface area (Å²) in [5.41, 5.74) is 0. The van der Waals surface area contributed by atoms with Gasteiger partial charge in [0.15, 0.2) is 0 Å². The van der Waals surface area contributed by atoms with E-state index in [1.54, 1.807) is 0 Å². The molecule has 0 bridgehead atoms. The number of carbonyl (C=O) groups is 2. The van der Waals surface area contributed by atoms with Crippen molar-refractivity contribution in [3.05, 3.63) is 0 Å². The molecule has 0 aromatic rings. The van der Waals surface area contributed by atoms with Gasteiger partial charge in [-0.2, -0.15) is 0 Å². The van der Waals surface area contributed by atoms with Gasteiger partial charge in [0.05, 0.1) is 13.5 Å². The summed E-state index contributed by atoms with van der Waals surface area (Å²) in [5, 5.41) is 2.89. The molecule has 0 aliphatic carbocycles. The first-order chi connectivity index (χ1) is 10.7. The van der Waals surface area contributed by atoms with Gasteiger partial charge in [0, 0.05) is 12.5 Å². The van der Waals surface area contributed by atoms with Crippen LogP contribution in [0, 0.1) is 5.92 Å². The molecule has 4 nitrogen and oxygen atoms in total. The maximum absolute atomic E-state index is 12.3. The van der Waals surface area contributed by atoms with Gasteiger partial charge in [-0.1, -0.05) is 65.2 Å². The fraction of sp³-hybridized carbons (Fsp3) is 0.889. The third-order valence-corrected chi connectivity index (χ3v) is 4.04. The lowest BCUT2D eigenvalue weighted by atomic mass is 9.93. The van der Waals surface area contributed by atoms with Crippen LogP contribution in [-0.2, 0) is 14.3 Å². The SMILES string of the molecule is CCCCCCC(CCCCCC)C(=O)NCCC(=O)OC. The second-order valence-corrected chi connectivity index (χ2v) is 6.01. The molecular formula is C18H35NO3. The highest BCUT2D eigenvalue weighted by Crippen LogP contribution is 2.18. The Bertz CT molecular complexity index is 280. The van der Waals surface area contributed by atoms with E-state index >= 15 is 0 Å². The van der Waals surface area contributed by atoms with Gasteiger partial charge < -0.3 is 10.1 Å². The van der Waals surface area contributed by atoms with Gasteiger partial charge in [0.1, 0.15) is 0 Å². The Hall–Kier alpha value is -1.06. The lowest BCUT2D eigenvalue weighted by Gasteiger charge is -2.16. The molecule has 1 N–H and O–H groups in total. The van der Waals surface area contributed by atoms with E-state index in [4.69, 9.17) is 0 Å². The Morgan fingerprint density at radius 1 is 0.909 bits per heavy atom. The maximum atomic E-state index is 12.3. The van der Waals surface area contributed by atoms with Crippen LogP contribution in [0.5, 0.6) is 0 Å². The van der Waals surface area contributed by atoms with Gasteiger partial charge in [-0.25, -0.2) is 0 Å². The summed E-state index contributed by atoms with van der Waals surface area (Å²) < 4.78 is 4.59. The number of carbonyl (C=O) groups excluding carboxylic acids is 2. The number of methoxy groups -OCH3 is 1. The van der Waals surface area contributed by atoms with Crippen molar-refractivity contribution in [3.8, 4) is 0 Å². The fourth-order valence-corrected chi connectivity index (χ4v) is 2.58. The zero-order chi connectivity index (χ0) is 16.6. The largest absolute Gasteiger partial charge is 0.469 e. The molecule has 1 amide bonds. The minimum atomic E-state index is -0.275. The zero-order valence-corrected chi connectivity index (χ0v) is 14.8. The number of hydrogen-bond acceptors (Lipinski definition) is 3. The molecule has 22 heavy (non-hydrogen) atoms. The van der Waals surface area contributed by atoms with E-state index in [1.807, 2.05) is 0 Å². The van der Waals surface area contributed by atoms with Gasteiger partial charge in [-0.15, -0.1) is 0 Å². The average Bonchev–Trinajstić information content (AvgIpc) is 2.53. The molecule has 0 heterocycles. The molecule has 0 fully saturated rings. The molecule has 0 aromatic carbocycles. The number of hydrogen-bond donors (Lipinski definition) is 1. The van der Waals surface area contributed by atoms with Gasteiger partial charge in [0.2, 0.25) is 5.91 Å². The van der Waals surface area contributed by atoms with E-state index in [2.05, 4.69) is 23.9 Å². The number of rotatable bonds is 14. The number of amides is 1. The van der Waals surface area contributed by atoms with Crippen LogP contribution in [-0.4, -0.2) is 25.5 Å². The first-order valence-electron chi connectivity index (χ1n) is 9.00.